The van der Waals surface area contributed by atoms with E-state index in [1.54, 1.807) is 0 Å². The summed E-state index contributed by atoms with van der Waals surface area (Å²) in [5.41, 5.74) is 5.34. The molecule has 0 fully saturated rings. The fourth-order valence-electron chi connectivity index (χ4n) is 1.56. The molecule has 10 heteroatoms. The van der Waals surface area contributed by atoms with Gasteiger partial charge in [-0.2, -0.15) is 11.8 Å². The molecule has 25 heavy (non-hydrogen) atoms. The van der Waals surface area contributed by atoms with E-state index in [1.165, 1.54) is 11.8 Å². The second-order valence-electron chi connectivity index (χ2n) is 6.14. The Morgan fingerprint density at radius 1 is 1.20 bits per heavy atom. The van der Waals surface area contributed by atoms with Crippen molar-refractivity contribution in [1.29, 1.82) is 0 Å². The van der Waals surface area contributed by atoms with Crippen molar-refractivity contribution in [2.24, 2.45) is 5.73 Å². The third kappa shape index (κ3) is 10.6. The SMILES string of the molecule is CCC(C)(C)SC[C@H](NC(=O)CC[C@H](N)C(=O)O)C(=O)NCC(=O)O. The third-order valence-corrected chi connectivity index (χ3v) is 5.13. The summed E-state index contributed by atoms with van der Waals surface area (Å²) in [7, 11) is 0. The number of carboxylic acids is 2. The molecule has 0 aliphatic rings. The normalized spacial score (nSPS) is 13.6. The van der Waals surface area contributed by atoms with Crippen LogP contribution in [0.4, 0.5) is 0 Å². The summed E-state index contributed by atoms with van der Waals surface area (Å²) in [5.74, 6) is -3.24. The van der Waals surface area contributed by atoms with Gasteiger partial charge in [0, 0.05) is 16.9 Å². The third-order valence-electron chi connectivity index (χ3n) is 3.56. The van der Waals surface area contributed by atoms with Gasteiger partial charge in [0.25, 0.3) is 0 Å². The van der Waals surface area contributed by atoms with Crippen LogP contribution in [0.25, 0.3) is 0 Å². The van der Waals surface area contributed by atoms with Crippen LogP contribution < -0.4 is 16.4 Å². The predicted octanol–water partition coefficient (Wildman–Crippen LogP) is -0.214. The molecule has 0 unspecified atom stereocenters. The van der Waals surface area contributed by atoms with Gasteiger partial charge in [-0.25, -0.2) is 0 Å². The van der Waals surface area contributed by atoms with Crippen molar-refractivity contribution in [2.75, 3.05) is 12.3 Å². The number of hydrogen-bond acceptors (Lipinski definition) is 6. The van der Waals surface area contributed by atoms with E-state index >= 15 is 0 Å². The van der Waals surface area contributed by atoms with Crippen molar-refractivity contribution < 1.29 is 29.4 Å². The Labute approximate surface area is 151 Å². The molecule has 0 aromatic heterocycles. The maximum absolute atomic E-state index is 12.1. The van der Waals surface area contributed by atoms with Crippen molar-refractivity contribution in [3.05, 3.63) is 0 Å². The Bertz CT molecular complexity index is 498. The van der Waals surface area contributed by atoms with Crippen molar-refractivity contribution in [1.82, 2.24) is 10.6 Å². The molecule has 0 spiro atoms. The Morgan fingerprint density at radius 2 is 1.80 bits per heavy atom. The minimum absolute atomic E-state index is 0.0573. The van der Waals surface area contributed by atoms with Gasteiger partial charge >= 0.3 is 11.9 Å². The smallest absolute Gasteiger partial charge is 0.322 e. The number of nitrogens with one attached hydrogen (secondary N) is 2. The van der Waals surface area contributed by atoms with Gasteiger partial charge in [-0.1, -0.05) is 20.8 Å². The summed E-state index contributed by atoms with van der Waals surface area (Å²) >= 11 is 1.48. The highest BCUT2D eigenvalue weighted by Crippen LogP contribution is 2.28. The lowest BCUT2D eigenvalue weighted by molar-refractivity contribution is -0.139. The van der Waals surface area contributed by atoms with Crippen LogP contribution in [-0.2, 0) is 19.2 Å². The number of amides is 2. The van der Waals surface area contributed by atoms with Gasteiger partial charge in [0.05, 0.1) is 0 Å². The Hall–Kier alpha value is -1.81. The summed E-state index contributed by atoms with van der Waals surface area (Å²) in [6.07, 6.45) is 0.652. The monoisotopic (exact) mass is 377 g/mol. The second kappa shape index (κ2) is 10.9. The van der Waals surface area contributed by atoms with Gasteiger partial charge in [-0.15, -0.1) is 0 Å². The number of thioether (sulfide) groups is 1. The number of hydrogen-bond donors (Lipinski definition) is 5. The van der Waals surface area contributed by atoms with E-state index in [-0.39, 0.29) is 23.3 Å². The van der Waals surface area contributed by atoms with Crippen molar-refractivity contribution in [3.8, 4) is 0 Å². The average Bonchev–Trinajstić information content (AvgIpc) is 2.53. The first-order valence-electron chi connectivity index (χ1n) is 7.89. The van der Waals surface area contributed by atoms with Crippen LogP contribution in [0.2, 0.25) is 0 Å². The Balaban J connectivity index is 4.75. The lowest BCUT2D eigenvalue weighted by Crippen LogP contribution is -2.50. The van der Waals surface area contributed by atoms with Crippen LogP contribution in [0.3, 0.4) is 0 Å². The van der Waals surface area contributed by atoms with Crippen LogP contribution in [0.15, 0.2) is 0 Å². The molecule has 0 saturated carbocycles. The molecular formula is C15H27N3O6S. The summed E-state index contributed by atoms with van der Waals surface area (Å²) in [4.78, 5) is 45.3. The highest BCUT2D eigenvalue weighted by Gasteiger charge is 2.25. The molecule has 0 aliphatic carbocycles. The van der Waals surface area contributed by atoms with Gasteiger partial charge in [0.15, 0.2) is 0 Å². The molecule has 6 N–H and O–H groups in total. The molecule has 144 valence electrons. The maximum atomic E-state index is 12.1. The van der Waals surface area contributed by atoms with Crippen LogP contribution >= 0.6 is 11.8 Å². The molecule has 0 heterocycles. The molecule has 0 aromatic rings. The molecule has 0 saturated heterocycles. The van der Waals surface area contributed by atoms with E-state index in [2.05, 4.69) is 10.6 Å². The molecular weight excluding hydrogens is 350 g/mol. The molecule has 9 nitrogen and oxygen atoms in total. The lowest BCUT2D eigenvalue weighted by atomic mass is 10.1. The number of carbonyl (C=O) groups is 4. The largest absolute Gasteiger partial charge is 0.480 e. The molecule has 2 atom stereocenters. The molecule has 0 radical (unpaired) electrons. The van der Waals surface area contributed by atoms with Crippen molar-refractivity contribution in [2.45, 2.75) is 56.9 Å². The number of carbonyl (C=O) groups excluding carboxylic acids is 2. The van der Waals surface area contributed by atoms with Gasteiger partial charge in [-0.05, 0) is 12.8 Å². The van der Waals surface area contributed by atoms with Gasteiger partial charge in [0.1, 0.15) is 18.6 Å². The first-order valence-corrected chi connectivity index (χ1v) is 8.88. The average molecular weight is 377 g/mol. The molecule has 0 rings (SSSR count). The van der Waals surface area contributed by atoms with E-state index in [0.717, 1.165) is 6.42 Å². The number of aliphatic carboxylic acids is 2. The highest BCUT2D eigenvalue weighted by atomic mass is 32.2. The minimum Gasteiger partial charge on any atom is -0.480 e. The zero-order valence-corrected chi connectivity index (χ0v) is 15.5. The molecule has 2 amide bonds. The van der Waals surface area contributed by atoms with Gasteiger partial charge in [0.2, 0.25) is 11.8 Å². The number of nitrogens with two attached hydrogens (primary N) is 1. The lowest BCUT2D eigenvalue weighted by Gasteiger charge is -2.25. The standard InChI is InChI=1S/C15H27N3O6S/c1-4-15(2,3)25-8-10(13(22)17-7-12(20)21)18-11(19)6-5-9(16)14(23)24/h9-10H,4-8,16H2,1-3H3,(H,17,22)(H,18,19)(H,20,21)(H,23,24)/t9-,10-/m0/s1. The van der Waals surface area contributed by atoms with Gasteiger partial charge in [-0.3, -0.25) is 19.2 Å². The highest BCUT2D eigenvalue weighted by molar-refractivity contribution is 8.00. The van der Waals surface area contributed by atoms with E-state index < -0.39 is 42.4 Å². The summed E-state index contributed by atoms with van der Waals surface area (Å²) in [6, 6.07) is -2.07. The quantitative estimate of drug-likeness (QED) is 0.312. The van der Waals surface area contributed by atoms with Gasteiger partial charge < -0.3 is 26.6 Å². The maximum Gasteiger partial charge on any atom is 0.322 e. The topological polar surface area (TPSA) is 159 Å². The minimum atomic E-state index is -1.20. The van der Waals surface area contributed by atoms with Crippen LogP contribution in [-0.4, -0.2) is 63.1 Å². The van der Waals surface area contributed by atoms with E-state index in [4.69, 9.17) is 15.9 Å². The van der Waals surface area contributed by atoms with Crippen LogP contribution in [0, 0.1) is 0 Å². The van der Waals surface area contributed by atoms with Crippen LogP contribution in [0.1, 0.15) is 40.0 Å². The van der Waals surface area contributed by atoms with Crippen LogP contribution in [0.5, 0.6) is 0 Å². The van der Waals surface area contributed by atoms with E-state index in [9.17, 15) is 19.2 Å². The Kier molecular flexibility index (Phi) is 10.1. The molecule has 0 aliphatic heterocycles. The summed E-state index contributed by atoms with van der Waals surface area (Å²) in [5, 5.41) is 22.1. The zero-order valence-electron chi connectivity index (χ0n) is 14.7. The summed E-state index contributed by atoms with van der Waals surface area (Å²) < 4.78 is -0.109. The fraction of sp³-hybridized carbons (Fsp3) is 0.733. The number of rotatable bonds is 12. The first kappa shape index (κ1) is 23.2. The molecule has 0 bridgehead atoms. The molecule has 0 aromatic carbocycles. The van der Waals surface area contributed by atoms with E-state index in [1.807, 2.05) is 20.8 Å². The zero-order chi connectivity index (χ0) is 19.6. The van der Waals surface area contributed by atoms with E-state index in [0.29, 0.717) is 0 Å². The summed E-state index contributed by atoms with van der Waals surface area (Å²) in [6.45, 7) is 5.45. The van der Waals surface area contributed by atoms with Crippen molar-refractivity contribution in [3.63, 3.8) is 0 Å². The van der Waals surface area contributed by atoms with Crippen molar-refractivity contribution >= 4 is 35.5 Å². The predicted molar refractivity (Wildman–Crippen MR) is 94.2 cm³/mol. The first-order chi connectivity index (χ1) is 11.5. The Morgan fingerprint density at radius 3 is 2.28 bits per heavy atom. The second-order valence-corrected chi connectivity index (χ2v) is 7.87. The fourth-order valence-corrected chi connectivity index (χ4v) is 2.61. The number of carboxylic acid groups (broad SMARTS) is 2.